The van der Waals surface area contributed by atoms with Gasteiger partial charge in [-0.3, -0.25) is 4.79 Å². The van der Waals surface area contributed by atoms with E-state index in [1.807, 2.05) is 0 Å². The lowest BCUT2D eigenvalue weighted by Crippen LogP contribution is -2.52. The Balaban J connectivity index is 2.53. The number of carboxylic acid groups (broad SMARTS) is 2. The molecule has 1 heterocycles. The van der Waals surface area contributed by atoms with Crippen molar-refractivity contribution >= 4 is 18.0 Å². The second kappa shape index (κ2) is 5.87. The minimum Gasteiger partial charge on any atom is -0.481 e. The summed E-state index contributed by atoms with van der Waals surface area (Å²) in [4.78, 5) is 34.5. The second-order valence-corrected chi connectivity index (χ2v) is 4.92. The molecule has 0 aromatic rings. The Bertz CT molecular complexity index is 371. The van der Waals surface area contributed by atoms with Gasteiger partial charge in [-0.25, -0.2) is 9.59 Å². The van der Waals surface area contributed by atoms with Gasteiger partial charge in [0, 0.05) is 13.1 Å². The molecule has 1 aliphatic rings. The van der Waals surface area contributed by atoms with Crippen LogP contribution < -0.4 is 5.32 Å². The normalized spacial score (nSPS) is 19.6. The fraction of sp³-hybridized carbons (Fsp3) is 0.727. The van der Waals surface area contributed by atoms with Crippen LogP contribution in [0, 0.1) is 0 Å². The van der Waals surface area contributed by atoms with Crippen molar-refractivity contribution in [1.29, 1.82) is 0 Å². The molecular weight excluding hydrogens is 256 g/mol. The average molecular weight is 274 g/mol. The van der Waals surface area contributed by atoms with Gasteiger partial charge in [0.2, 0.25) is 0 Å². The average Bonchev–Trinajstić information content (AvgIpc) is 2.27. The number of carboxylic acids is 2. The van der Waals surface area contributed by atoms with E-state index in [0.29, 0.717) is 25.9 Å². The van der Waals surface area contributed by atoms with Crippen LogP contribution in [0.1, 0.15) is 26.2 Å². The van der Waals surface area contributed by atoms with Crippen LogP contribution in [0.5, 0.6) is 0 Å². The number of hydrogen-bond donors (Lipinski definition) is 4. The maximum atomic E-state index is 11.8. The number of nitrogens with one attached hydrogen (secondary N) is 1. The molecule has 1 atom stereocenters. The monoisotopic (exact) mass is 274 g/mol. The molecule has 0 radical (unpaired) electrons. The number of amides is 2. The van der Waals surface area contributed by atoms with Gasteiger partial charge in [-0.1, -0.05) is 0 Å². The van der Waals surface area contributed by atoms with Gasteiger partial charge in [0.25, 0.3) is 0 Å². The molecule has 0 spiro atoms. The molecule has 0 saturated carbocycles. The van der Waals surface area contributed by atoms with Crippen LogP contribution in [0.2, 0.25) is 0 Å². The first-order valence-electron chi connectivity index (χ1n) is 5.94. The molecular formula is C11H18N2O6. The minimum atomic E-state index is -1.45. The number of piperidine rings is 1. The van der Waals surface area contributed by atoms with Crippen molar-refractivity contribution in [2.24, 2.45) is 0 Å². The number of carbonyl (C=O) groups is 3. The number of aliphatic hydroxyl groups is 1. The van der Waals surface area contributed by atoms with Crippen molar-refractivity contribution in [1.82, 2.24) is 10.2 Å². The summed E-state index contributed by atoms with van der Waals surface area (Å²) in [6.45, 7) is 2.28. The highest BCUT2D eigenvalue weighted by molar-refractivity contribution is 5.86. The summed E-state index contributed by atoms with van der Waals surface area (Å²) in [6, 6.07) is -2.07. The van der Waals surface area contributed by atoms with Crippen molar-refractivity contribution in [2.45, 2.75) is 37.8 Å². The van der Waals surface area contributed by atoms with Crippen molar-refractivity contribution in [3.05, 3.63) is 0 Å². The Hall–Kier alpha value is -1.83. The molecule has 8 heteroatoms. The standard InChI is InChI=1S/C11H18N2O6/c1-11(19)2-4-13(5-3-11)10(18)12-7(9(16)17)6-8(14)15/h7,19H,2-6H2,1H3,(H,12,18)(H,14,15)(H,16,17). The molecule has 2 amide bonds. The second-order valence-electron chi connectivity index (χ2n) is 4.92. The summed E-state index contributed by atoms with van der Waals surface area (Å²) >= 11 is 0. The van der Waals surface area contributed by atoms with Gasteiger partial charge in [0.15, 0.2) is 0 Å². The Morgan fingerprint density at radius 2 is 1.79 bits per heavy atom. The number of aliphatic carboxylic acids is 2. The molecule has 1 fully saturated rings. The van der Waals surface area contributed by atoms with Gasteiger partial charge in [0.05, 0.1) is 12.0 Å². The van der Waals surface area contributed by atoms with Crippen LogP contribution in [0.25, 0.3) is 0 Å². The first-order chi connectivity index (χ1) is 8.71. The fourth-order valence-electron chi connectivity index (χ4n) is 1.81. The van der Waals surface area contributed by atoms with Crippen LogP contribution >= 0.6 is 0 Å². The SMILES string of the molecule is CC1(O)CCN(C(=O)NC(CC(=O)O)C(=O)O)CC1. The third kappa shape index (κ3) is 4.74. The molecule has 108 valence electrons. The van der Waals surface area contributed by atoms with Crippen LogP contribution in [0.3, 0.4) is 0 Å². The van der Waals surface area contributed by atoms with Gasteiger partial charge in [0.1, 0.15) is 6.04 Å². The van der Waals surface area contributed by atoms with E-state index < -0.39 is 36.0 Å². The van der Waals surface area contributed by atoms with E-state index in [-0.39, 0.29) is 0 Å². The zero-order valence-corrected chi connectivity index (χ0v) is 10.6. The van der Waals surface area contributed by atoms with Gasteiger partial charge in [-0.2, -0.15) is 0 Å². The summed E-state index contributed by atoms with van der Waals surface area (Å²) in [7, 11) is 0. The molecule has 1 aliphatic heterocycles. The summed E-state index contributed by atoms with van der Waals surface area (Å²) in [5, 5.41) is 29.3. The summed E-state index contributed by atoms with van der Waals surface area (Å²) in [5.41, 5.74) is -0.815. The Kier molecular flexibility index (Phi) is 4.71. The number of likely N-dealkylation sites (tertiary alicyclic amines) is 1. The molecule has 8 nitrogen and oxygen atoms in total. The van der Waals surface area contributed by atoms with Crippen molar-refractivity contribution in [3.8, 4) is 0 Å². The van der Waals surface area contributed by atoms with Crippen LogP contribution in [-0.2, 0) is 9.59 Å². The number of nitrogens with zero attached hydrogens (tertiary/aromatic N) is 1. The van der Waals surface area contributed by atoms with Gasteiger partial charge in [-0.05, 0) is 19.8 Å². The molecule has 0 aromatic carbocycles. The Labute approximate surface area is 110 Å². The van der Waals surface area contributed by atoms with E-state index in [0.717, 1.165) is 0 Å². The summed E-state index contributed by atoms with van der Waals surface area (Å²) in [6.07, 6.45) is 0.126. The highest BCUT2D eigenvalue weighted by atomic mass is 16.4. The van der Waals surface area contributed by atoms with Crippen molar-refractivity contribution in [2.75, 3.05) is 13.1 Å². The van der Waals surface area contributed by atoms with Gasteiger partial charge < -0.3 is 25.5 Å². The zero-order chi connectivity index (χ0) is 14.6. The van der Waals surface area contributed by atoms with Gasteiger partial charge in [-0.15, -0.1) is 0 Å². The number of carbonyl (C=O) groups excluding carboxylic acids is 1. The lowest BCUT2D eigenvalue weighted by molar-refractivity contribution is -0.145. The Morgan fingerprint density at radius 3 is 2.21 bits per heavy atom. The van der Waals surface area contributed by atoms with E-state index in [2.05, 4.69) is 5.32 Å². The first-order valence-corrected chi connectivity index (χ1v) is 5.94. The van der Waals surface area contributed by atoms with Crippen molar-refractivity contribution < 1.29 is 29.7 Å². The first kappa shape index (κ1) is 15.2. The smallest absolute Gasteiger partial charge is 0.326 e. The number of hydrogen-bond acceptors (Lipinski definition) is 4. The quantitative estimate of drug-likeness (QED) is 0.546. The largest absolute Gasteiger partial charge is 0.481 e. The zero-order valence-electron chi connectivity index (χ0n) is 10.6. The van der Waals surface area contributed by atoms with E-state index in [4.69, 9.17) is 10.2 Å². The van der Waals surface area contributed by atoms with E-state index in [1.54, 1.807) is 6.92 Å². The highest BCUT2D eigenvalue weighted by Crippen LogP contribution is 2.21. The third-order valence-corrected chi connectivity index (χ3v) is 3.10. The predicted molar refractivity (Wildman–Crippen MR) is 63.6 cm³/mol. The highest BCUT2D eigenvalue weighted by Gasteiger charge is 2.31. The molecule has 4 N–H and O–H groups in total. The van der Waals surface area contributed by atoms with Gasteiger partial charge >= 0.3 is 18.0 Å². The number of rotatable bonds is 4. The van der Waals surface area contributed by atoms with Crippen LogP contribution in [0.15, 0.2) is 0 Å². The lowest BCUT2D eigenvalue weighted by Gasteiger charge is -2.36. The maximum absolute atomic E-state index is 11.8. The fourth-order valence-corrected chi connectivity index (χ4v) is 1.81. The summed E-state index contributed by atoms with van der Waals surface area (Å²) in [5.74, 6) is -2.69. The summed E-state index contributed by atoms with van der Waals surface area (Å²) < 4.78 is 0. The molecule has 0 bridgehead atoms. The van der Waals surface area contributed by atoms with Crippen LogP contribution in [-0.4, -0.2) is 62.9 Å². The van der Waals surface area contributed by atoms with Crippen molar-refractivity contribution in [3.63, 3.8) is 0 Å². The van der Waals surface area contributed by atoms with E-state index in [1.165, 1.54) is 4.90 Å². The molecule has 1 rings (SSSR count). The van der Waals surface area contributed by atoms with Crippen LogP contribution in [0.4, 0.5) is 4.79 Å². The molecule has 1 unspecified atom stereocenters. The lowest BCUT2D eigenvalue weighted by atomic mass is 9.94. The maximum Gasteiger partial charge on any atom is 0.326 e. The predicted octanol–water partition coefficient (Wildman–Crippen LogP) is -0.529. The third-order valence-electron chi connectivity index (χ3n) is 3.10. The van der Waals surface area contributed by atoms with E-state index in [9.17, 15) is 19.5 Å². The number of urea groups is 1. The Morgan fingerprint density at radius 1 is 1.26 bits per heavy atom. The minimum absolute atomic E-state index is 0.304. The molecule has 0 aliphatic carbocycles. The topological polar surface area (TPSA) is 127 Å². The molecule has 19 heavy (non-hydrogen) atoms. The molecule has 1 saturated heterocycles. The van der Waals surface area contributed by atoms with E-state index >= 15 is 0 Å². The molecule has 0 aromatic heterocycles.